The first kappa shape index (κ1) is 17.3. The van der Waals surface area contributed by atoms with Gasteiger partial charge in [0.15, 0.2) is 17.5 Å². The molecule has 124 valence electrons. The highest BCUT2D eigenvalue weighted by Crippen LogP contribution is 2.40. The van der Waals surface area contributed by atoms with Crippen molar-refractivity contribution in [1.29, 1.82) is 0 Å². The highest BCUT2D eigenvalue weighted by atomic mass is 19.2. The van der Waals surface area contributed by atoms with Crippen LogP contribution < -0.4 is 0 Å². The van der Waals surface area contributed by atoms with E-state index in [0.29, 0.717) is 18.3 Å². The highest BCUT2D eigenvalue weighted by molar-refractivity contribution is 5.23. The Balaban J connectivity index is 2.22. The molecule has 0 amide bonds. The fraction of sp³-hybridized carbons (Fsp3) is 0.667. The second kappa shape index (κ2) is 6.61. The number of hydrogen-bond acceptors (Lipinski definition) is 1. The molecule has 22 heavy (non-hydrogen) atoms. The second-order valence-electron chi connectivity index (χ2n) is 7.21. The molecule has 0 aromatic heterocycles. The zero-order chi connectivity index (χ0) is 16.5. The molecular weight excluding hydrogens is 287 g/mol. The topological polar surface area (TPSA) is 3.24 Å². The molecule has 0 unspecified atom stereocenters. The molecule has 0 N–H and O–H groups in total. The van der Waals surface area contributed by atoms with Crippen LogP contribution >= 0.6 is 0 Å². The Kier molecular flexibility index (Phi) is 5.21. The molecule has 0 saturated heterocycles. The third-order valence-electron chi connectivity index (χ3n) is 5.49. The molecule has 0 atom stereocenters. The van der Waals surface area contributed by atoms with Crippen LogP contribution in [0.1, 0.15) is 45.1 Å². The zero-order valence-electron chi connectivity index (χ0n) is 13.9. The molecule has 0 radical (unpaired) electrons. The second-order valence-corrected chi connectivity index (χ2v) is 7.21. The van der Waals surface area contributed by atoms with E-state index >= 15 is 0 Å². The molecule has 4 heteroatoms. The third-order valence-corrected chi connectivity index (χ3v) is 5.49. The molecular formula is C18H26F3N. The number of benzene rings is 1. The van der Waals surface area contributed by atoms with E-state index in [0.717, 1.165) is 31.7 Å². The Labute approximate surface area is 131 Å². The normalized spacial score (nSPS) is 26.0. The fourth-order valence-electron chi connectivity index (χ4n) is 3.68. The molecule has 2 rings (SSSR count). The van der Waals surface area contributed by atoms with E-state index in [2.05, 4.69) is 18.7 Å². The Morgan fingerprint density at radius 1 is 1.09 bits per heavy atom. The van der Waals surface area contributed by atoms with Crippen LogP contribution in [0.25, 0.3) is 0 Å². The van der Waals surface area contributed by atoms with Crippen molar-refractivity contribution in [2.24, 2.45) is 11.8 Å². The van der Waals surface area contributed by atoms with Crippen molar-refractivity contribution in [3.63, 3.8) is 0 Å². The van der Waals surface area contributed by atoms with Gasteiger partial charge in [0.05, 0.1) is 0 Å². The van der Waals surface area contributed by atoms with Gasteiger partial charge in [-0.15, -0.1) is 0 Å². The molecule has 1 aliphatic carbocycles. The number of nitrogens with zero attached hydrogens (tertiary/aromatic N) is 1. The minimum atomic E-state index is -1.36. The van der Waals surface area contributed by atoms with Gasteiger partial charge in [-0.3, -0.25) is 0 Å². The van der Waals surface area contributed by atoms with Crippen LogP contribution in [0.15, 0.2) is 12.1 Å². The molecule has 0 spiro atoms. The van der Waals surface area contributed by atoms with Crippen molar-refractivity contribution in [3.8, 4) is 0 Å². The molecule has 1 fully saturated rings. The predicted octanol–water partition coefficient (Wildman–Crippen LogP) is 4.79. The van der Waals surface area contributed by atoms with Crippen LogP contribution in [0.5, 0.6) is 0 Å². The summed E-state index contributed by atoms with van der Waals surface area (Å²) in [6.45, 7) is 4.48. The summed E-state index contributed by atoms with van der Waals surface area (Å²) in [5, 5.41) is 0. The first-order valence-corrected chi connectivity index (χ1v) is 8.06. The van der Waals surface area contributed by atoms with Crippen molar-refractivity contribution in [2.45, 2.75) is 51.5 Å². The van der Waals surface area contributed by atoms with Crippen LogP contribution in [0.4, 0.5) is 13.2 Å². The van der Waals surface area contributed by atoms with Gasteiger partial charge in [-0.2, -0.15) is 0 Å². The maximum absolute atomic E-state index is 14.0. The van der Waals surface area contributed by atoms with Crippen molar-refractivity contribution < 1.29 is 13.2 Å². The third kappa shape index (κ3) is 3.32. The molecule has 1 aromatic rings. The lowest BCUT2D eigenvalue weighted by Crippen LogP contribution is -2.49. The lowest BCUT2D eigenvalue weighted by molar-refractivity contribution is 0.0674. The monoisotopic (exact) mass is 313 g/mol. The standard InChI is InChI=1S/C18H26F3N/c1-12(2)13-7-9-18(10-8-13,22(3)4)11-14-5-6-15(19)17(21)16(14)20/h5-6,12-13H,7-11H2,1-4H3. The molecule has 1 saturated carbocycles. The van der Waals surface area contributed by atoms with Crippen molar-refractivity contribution >= 4 is 0 Å². The molecule has 0 aliphatic heterocycles. The summed E-state index contributed by atoms with van der Waals surface area (Å²) in [4.78, 5) is 2.13. The molecule has 0 bridgehead atoms. The summed E-state index contributed by atoms with van der Waals surface area (Å²) in [5.74, 6) is -2.17. The lowest BCUT2D eigenvalue weighted by Gasteiger charge is -2.46. The zero-order valence-corrected chi connectivity index (χ0v) is 13.9. The molecule has 1 nitrogen and oxygen atoms in total. The largest absolute Gasteiger partial charge is 0.303 e. The molecule has 1 aromatic carbocycles. The lowest BCUT2D eigenvalue weighted by atomic mass is 9.70. The summed E-state index contributed by atoms with van der Waals surface area (Å²) >= 11 is 0. The van der Waals surface area contributed by atoms with Crippen molar-refractivity contribution in [3.05, 3.63) is 35.1 Å². The average molecular weight is 313 g/mol. The smallest absolute Gasteiger partial charge is 0.194 e. The SMILES string of the molecule is CC(C)C1CCC(Cc2ccc(F)c(F)c2F)(N(C)C)CC1. The van der Waals surface area contributed by atoms with E-state index in [1.54, 1.807) is 0 Å². The van der Waals surface area contributed by atoms with Crippen LogP contribution in [-0.4, -0.2) is 24.5 Å². The van der Waals surface area contributed by atoms with E-state index in [4.69, 9.17) is 0 Å². The summed E-state index contributed by atoms with van der Waals surface area (Å²) in [5.41, 5.74) is 0.104. The van der Waals surface area contributed by atoms with Gasteiger partial charge in [0.1, 0.15) is 0 Å². The molecule has 0 heterocycles. The van der Waals surface area contributed by atoms with Crippen LogP contribution in [0.3, 0.4) is 0 Å². The van der Waals surface area contributed by atoms with Crippen molar-refractivity contribution in [1.82, 2.24) is 4.90 Å². The Morgan fingerprint density at radius 2 is 1.68 bits per heavy atom. The van der Waals surface area contributed by atoms with Gasteiger partial charge in [-0.25, -0.2) is 13.2 Å². The van der Waals surface area contributed by atoms with Crippen LogP contribution in [0, 0.1) is 29.3 Å². The summed E-state index contributed by atoms with van der Waals surface area (Å²) in [6.07, 6.45) is 4.54. The summed E-state index contributed by atoms with van der Waals surface area (Å²) in [6, 6.07) is 2.41. The first-order valence-electron chi connectivity index (χ1n) is 8.06. The summed E-state index contributed by atoms with van der Waals surface area (Å²) in [7, 11) is 3.99. The van der Waals surface area contributed by atoms with Crippen LogP contribution in [-0.2, 0) is 6.42 Å². The van der Waals surface area contributed by atoms with Gasteiger partial charge >= 0.3 is 0 Å². The maximum Gasteiger partial charge on any atom is 0.194 e. The van der Waals surface area contributed by atoms with Gasteiger partial charge in [0, 0.05) is 5.54 Å². The highest BCUT2D eigenvalue weighted by Gasteiger charge is 2.38. The van der Waals surface area contributed by atoms with E-state index in [1.165, 1.54) is 6.07 Å². The van der Waals surface area contributed by atoms with Gasteiger partial charge in [-0.1, -0.05) is 19.9 Å². The average Bonchev–Trinajstić information content (AvgIpc) is 2.48. The van der Waals surface area contributed by atoms with Crippen molar-refractivity contribution in [2.75, 3.05) is 14.1 Å². The predicted molar refractivity (Wildman–Crippen MR) is 83.2 cm³/mol. The number of rotatable bonds is 4. The maximum atomic E-state index is 14.0. The van der Waals surface area contributed by atoms with Gasteiger partial charge in [0.25, 0.3) is 0 Å². The quantitative estimate of drug-likeness (QED) is 0.722. The number of halogens is 3. The Morgan fingerprint density at radius 3 is 2.18 bits per heavy atom. The van der Waals surface area contributed by atoms with Gasteiger partial charge in [-0.05, 0) is 69.7 Å². The number of hydrogen-bond donors (Lipinski definition) is 0. The minimum absolute atomic E-state index is 0.170. The first-order chi connectivity index (χ1) is 10.3. The molecule has 1 aliphatic rings. The van der Waals surface area contributed by atoms with Gasteiger partial charge < -0.3 is 4.90 Å². The van der Waals surface area contributed by atoms with Crippen LogP contribution in [0.2, 0.25) is 0 Å². The van der Waals surface area contributed by atoms with E-state index < -0.39 is 17.5 Å². The van der Waals surface area contributed by atoms with Gasteiger partial charge in [0.2, 0.25) is 0 Å². The summed E-state index contributed by atoms with van der Waals surface area (Å²) < 4.78 is 40.6. The fourth-order valence-corrected chi connectivity index (χ4v) is 3.68. The number of likely N-dealkylation sites (N-methyl/N-ethyl adjacent to an activating group) is 1. The van der Waals surface area contributed by atoms with E-state index in [9.17, 15) is 13.2 Å². The minimum Gasteiger partial charge on any atom is -0.303 e. The van der Waals surface area contributed by atoms with E-state index in [-0.39, 0.29) is 11.1 Å². The Hall–Kier alpha value is -1.03. The van der Waals surface area contributed by atoms with E-state index in [1.807, 2.05) is 14.1 Å². The Bertz CT molecular complexity index is 517.